The molecule has 4 rings (SSSR count). The van der Waals surface area contributed by atoms with E-state index >= 15 is 0 Å². The van der Waals surface area contributed by atoms with Gasteiger partial charge in [-0.2, -0.15) is 10.1 Å². The van der Waals surface area contributed by atoms with Crippen LogP contribution >= 0.6 is 24.8 Å². The van der Waals surface area contributed by atoms with E-state index in [1.165, 1.54) is 4.68 Å². The SMILES string of the molecule is CCn1c(CC2CCNCC2)nn(Cc2noc(-c3ccccc3)n2)c1=O.Cl.Cl. The fourth-order valence-electron chi connectivity index (χ4n) is 3.55. The lowest BCUT2D eigenvalue weighted by Crippen LogP contribution is -2.30. The van der Waals surface area contributed by atoms with Gasteiger partial charge in [0.2, 0.25) is 0 Å². The van der Waals surface area contributed by atoms with Gasteiger partial charge in [-0.25, -0.2) is 9.48 Å². The minimum absolute atomic E-state index is 0. The highest BCUT2D eigenvalue weighted by Crippen LogP contribution is 2.18. The van der Waals surface area contributed by atoms with Crippen LogP contribution in [0.3, 0.4) is 0 Å². The lowest BCUT2D eigenvalue weighted by Gasteiger charge is -2.21. The van der Waals surface area contributed by atoms with E-state index in [1.54, 1.807) is 4.57 Å². The zero-order chi connectivity index (χ0) is 18.6. The van der Waals surface area contributed by atoms with Gasteiger partial charge in [0.05, 0.1) is 0 Å². The van der Waals surface area contributed by atoms with E-state index in [0.29, 0.717) is 24.2 Å². The first-order valence-corrected chi connectivity index (χ1v) is 9.50. The Kier molecular flexibility index (Phi) is 8.43. The number of nitrogens with zero attached hydrogens (tertiary/aromatic N) is 5. The van der Waals surface area contributed by atoms with Crippen molar-refractivity contribution in [2.75, 3.05) is 13.1 Å². The highest BCUT2D eigenvalue weighted by atomic mass is 35.5. The maximum absolute atomic E-state index is 12.7. The summed E-state index contributed by atoms with van der Waals surface area (Å²) in [5.41, 5.74) is 0.738. The molecule has 1 fully saturated rings. The summed E-state index contributed by atoms with van der Waals surface area (Å²) >= 11 is 0. The van der Waals surface area contributed by atoms with Crippen molar-refractivity contribution in [3.63, 3.8) is 0 Å². The van der Waals surface area contributed by atoms with E-state index in [2.05, 4.69) is 20.6 Å². The maximum Gasteiger partial charge on any atom is 0.346 e. The van der Waals surface area contributed by atoms with Gasteiger partial charge < -0.3 is 9.84 Å². The molecule has 3 heterocycles. The van der Waals surface area contributed by atoms with Gasteiger partial charge in [0, 0.05) is 18.5 Å². The van der Waals surface area contributed by atoms with Crippen molar-refractivity contribution >= 4 is 24.8 Å². The molecular formula is C19H26Cl2N6O2. The zero-order valence-electron chi connectivity index (χ0n) is 16.3. The zero-order valence-corrected chi connectivity index (χ0v) is 17.9. The van der Waals surface area contributed by atoms with Gasteiger partial charge in [0.25, 0.3) is 5.89 Å². The predicted octanol–water partition coefficient (Wildman–Crippen LogP) is 2.55. The molecule has 10 heteroatoms. The van der Waals surface area contributed by atoms with Gasteiger partial charge in [-0.15, -0.1) is 24.8 Å². The van der Waals surface area contributed by atoms with Crippen molar-refractivity contribution < 1.29 is 4.52 Å². The van der Waals surface area contributed by atoms with Gasteiger partial charge in [0.15, 0.2) is 5.82 Å². The number of benzene rings is 1. The molecule has 158 valence electrons. The monoisotopic (exact) mass is 440 g/mol. The van der Waals surface area contributed by atoms with Crippen LogP contribution in [0, 0.1) is 5.92 Å². The van der Waals surface area contributed by atoms with Crippen LogP contribution in [0.2, 0.25) is 0 Å². The topological polar surface area (TPSA) is 90.8 Å². The van der Waals surface area contributed by atoms with Gasteiger partial charge in [-0.05, 0) is 50.9 Å². The first-order chi connectivity index (χ1) is 13.2. The van der Waals surface area contributed by atoms with E-state index in [0.717, 1.165) is 43.7 Å². The fraction of sp³-hybridized carbons (Fsp3) is 0.474. The summed E-state index contributed by atoms with van der Waals surface area (Å²) in [6.07, 6.45) is 3.07. The molecule has 1 N–H and O–H groups in total. The van der Waals surface area contributed by atoms with Crippen LogP contribution in [0.4, 0.5) is 0 Å². The van der Waals surface area contributed by atoms with E-state index in [9.17, 15) is 4.79 Å². The Labute approximate surface area is 181 Å². The Balaban J connectivity index is 0.00000150. The molecule has 0 amide bonds. The molecule has 1 saturated heterocycles. The van der Waals surface area contributed by atoms with Crippen molar-refractivity contribution in [3.8, 4) is 11.5 Å². The molecule has 0 saturated carbocycles. The molecule has 8 nitrogen and oxygen atoms in total. The van der Waals surface area contributed by atoms with E-state index < -0.39 is 0 Å². The Morgan fingerprint density at radius 3 is 2.59 bits per heavy atom. The minimum Gasteiger partial charge on any atom is -0.334 e. The van der Waals surface area contributed by atoms with Crippen LogP contribution in [-0.2, 0) is 19.5 Å². The normalized spacial score (nSPS) is 14.2. The molecule has 1 aliphatic rings. The number of nitrogens with one attached hydrogen (secondary N) is 1. The van der Waals surface area contributed by atoms with Crippen molar-refractivity contribution in [1.29, 1.82) is 0 Å². The van der Waals surface area contributed by atoms with E-state index in [1.807, 2.05) is 37.3 Å². The molecule has 3 aromatic rings. The Hall–Kier alpha value is -2.16. The second-order valence-corrected chi connectivity index (χ2v) is 6.88. The quantitative estimate of drug-likeness (QED) is 0.633. The Bertz CT molecular complexity index is 947. The lowest BCUT2D eigenvalue weighted by molar-refractivity contribution is 0.362. The standard InChI is InChI=1S/C19H24N6O2.2ClH/c1-2-24-17(12-14-8-10-20-11-9-14)22-25(19(24)26)13-16-21-18(27-23-16)15-6-4-3-5-7-15;;/h3-7,14,20H,2,8-13H2,1H3;2*1H. The number of piperidine rings is 1. The molecular weight excluding hydrogens is 415 g/mol. The first-order valence-electron chi connectivity index (χ1n) is 9.50. The summed E-state index contributed by atoms with van der Waals surface area (Å²) < 4.78 is 8.52. The third-order valence-corrected chi connectivity index (χ3v) is 5.03. The molecule has 0 bridgehead atoms. The van der Waals surface area contributed by atoms with E-state index in [4.69, 9.17) is 4.52 Å². The van der Waals surface area contributed by atoms with Crippen LogP contribution < -0.4 is 11.0 Å². The molecule has 0 unspecified atom stereocenters. The lowest BCUT2D eigenvalue weighted by atomic mass is 9.94. The van der Waals surface area contributed by atoms with Crippen LogP contribution in [-0.4, -0.2) is 37.6 Å². The number of rotatable bonds is 6. The number of halogens is 2. The molecule has 0 atom stereocenters. The minimum atomic E-state index is -0.118. The van der Waals surface area contributed by atoms with Crippen LogP contribution in [0.15, 0.2) is 39.6 Å². The second-order valence-electron chi connectivity index (χ2n) is 6.88. The van der Waals surface area contributed by atoms with Gasteiger partial charge in [-0.1, -0.05) is 23.4 Å². The average Bonchev–Trinajstić information content (AvgIpc) is 3.28. The summed E-state index contributed by atoms with van der Waals surface area (Å²) in [7, 11) is 0. The van der Waals surface area contributed by atoms with Gasteiger partial charge in [-0.3, -0.25) is 4.57 Å². The van der Waals surface area contributed by atoms with Crippen molar-refractivity contribution in [2.45, 2.75) is 39.3 Å². The average molecular weight is 441 g/mol. The third-order valence-electron chi connectivity index (χ3n) is 5.03. The maximum atomic E-state index is 12.7. The molecule has 0 aliphatic carbocycles. The van der Waals surface area contributed by atoms with Crippen molar-refractivity contribution in [2.24, 2.45) is 5.92 Å². The molecule has 1 aliphatic heterocycles. The Morgan fingerprint density at radius 1 is 1.17 bits per heavy atom. The fourth-order valence-corrected chi connectivity index (χ4v) is 3.55. The van der Waals surface area contributed by atoms with Crippen LogP contribution in [0.25, 0.3) is 11.5 Å². The second kappa shape index (κ2) is 10.6. The number of aromatic nitrogens is 5. The smallest absolute Gasteiger partial charge is 0.334 e. The van der Waals surface area contributed by atoms with Gasteiger partial charge >= 0.3 is 5.69 Å². The molecule has 1 aromatic carbocycles. The third kappa shape index (κ3) is 5.26. The molecule has 0 spiro atoms. The Morgan fingerprint density at radius 2 is 1.90 bits per heavy atom. The number of hydrogen-bond donors (Lipinski definition) is 1. The molecule has 0 radical (unpaired) electrons. The summed E-state index contributed by atoms with van der Waals surface area (Å²) in [4.78, 5) is 17.1. The largest absolute Gasteiger partial charge is 0.346 e. The van der Waals surface area contributed by atoms with E-state index in [-0.39, 0.29) is 37.0 Å². The summed E-state index contributed by atoms with van der Waals surface area (Å²) in [5.74, 6) is 2.32. The van der Waals surface area contributed by atoms with Crippen LogP contribution in [0.5, 0.6) is 0 Å². The number of hydrogen-bond acceptors (Lipinski definition) is 6. The highest BCUT2D eigenvalue weighted by Gasteiger charge is 2.20. The van der Waals surface area contributed by atoms with Crippen molar-refractivity contribution in [3.05, 3.63) is 52.5 Å². The predicted molar refractivity (Wildman–Crippen MR) is 115 cm³/mol. The molecule has 29 heavy (non-hydrogen) atoms. The van der Waals surface area contributed by atoms with Crippen LogP contribution in [0.1, 0.15) is 31.4 Å². The van der Waals surface area contributed by atoms with Gasteiger partial charge in [0.1, 0.15) is 12.4 Å². The first kappa shape index (κ1) is 23.1. The summed E-state index contributed by atoms with van der Waals surface area (Å²) in [5, 5.41) is 12.0. The molecule has 2 aromatic heterocycles. The highest BCUT2D eigenvalue weighted by molar-refractivity contribution is 5.85. The summed E-state index contributed by atoms with van der Waals surface area (Å²) in [6, 6.07) is 9.58. The summed E-state index contributed by atoms with van der Waals surface area (Å²) in [6.45, 7) is 4.86. The van der Waals surface area contributed by atoms with Crippen molar-refractivity contribution in [1.82, 2.24) is 29.8 Å².